The second-order valence-corrected chi connectivity index (χ2v) is 8.99. The largest absolute Gasteiger partial charge is 0.506 e. The Morgan fingerprint density at radius 2 is 1.72 bits per heavy atom. The van der Waals surface area contributed by atoms with Gasteiger partial charge in [0.05, 0.1) is 22.3 Å². The average molecular weight is 631 g/mol. The summed E-state index contributed by atoms with van der Waals surface area (Å²) in [6.45, 7) is 0.240. The second-order valence-electron chi connectivity index (χ2n) is 6.43. The van der Waals surface area contributed by atoms with E-state index in [-0.39, 0.29) is 18.2 Å². The molecule has 0 bridgehead atoms. The van der Waals surface area contributed by atoms with Gasteiger partial charge in [0.15, 0.2) is 11.5 Å². The molecular formula is C22H16Br3FN2O4. The molecule has 6 nitrogen and oxygen atoms in total. The molecule has 0 radical (unpaired) electrons. The smallest absolute Gasteiger partial charge is 0.271 e. The maximum Gasteiger partial charge on any atom is 0.271 e. The van der Waals surface area contributed by atoms with Crippen molar-refractivity contribution in [2.45, 2.75) is 6.61 Å². The fourth-order valence-corrected chi connectivity index (χ4v) is 4.20. The van der Waals surface area contributed by atoms with Gasteiger partial charge in [-0.1, -0.05) is 12.1 Å². The predicted octanol–water partition coefficient (Wildman–Crippen LogP) is 6.17. The fourth-order valence-electron chi connectivity index (χ4n) is 2.59. The third kappa shape index (κ3) is 6.08. The van der Waals surface area contributed by atoms with Crippen molar-refractivity contribution in [2.24, 2.45) is 5.10 Å². The molecule has 0 heterocycles. The average Bonchev–Trinajstić information content (AvgIpc) is 2.77. The van der Waals surface area contributed by atoms with Gasteiger partial charge < -0.3 is 14.6 Å². The molecule has 0 saturated heterocycles. The summed E-state index contributed by atoms with van der Waals surface area (Å²) < 4.78 is 25.7. The summed E-state index contributed by atoms with van der Waals surface area (Å²) in [5, 5.41) is 13.7. The molecule has 0 aliphatic heterocycles. The van der Waals surface area contributed by atoms with Crippen LogP contribution < -0.4 is 14.9 Å². The normalized spacial score (nSPS) is 10.9. The number of nitrogens with zero attached hydrogens (tertiary/aromatic N) is 1. The number of halogens is 4. The second kappa shape index (κ2) is 10.9. The van der Waals surface area contributed by atoms with Crippen LogP contribution >= 0.6 is 47.8 Å². The van der Waals surface area contributed by atoms with Crippen LogP contribution in [0, 0.1) is 5.82 Å². The number of aromatic hydroxyl groups is 1. The standard InChI is InChI=1S/C22H16Br3FN2O4/c1-31-19-8-14(10-27-28-22(30)13-6-17(24)21(29)18(25)7-13)16(23)9-20(19)32-11-12-2-4-15(26)5-3-12/h2-10,29H,11H2,1H3,(H,28,30)/b27-10-. The Bertz CT molecular complexity index is 1150. The first-order valence-electron chi connectivity index (χ1n) is 9.04. The van der Waals surface area contributed by atoms with Gasteiger partial charge in [0.2, 0.25) is 0 Å². The van der Waals surface area contributed by atoms with Crippen LogP contribution in [-0.2, 0) is 6.61 Å². The number of carbonyl (C=O) groups is 1. The molecular weight excluding hydrogens is 615 g/mol. The molecule has 0 aliphatic rings. The Balaban J connectivity index is 1.70. The maximum absolute atomic E-state index is 13.0. The molecule has 32 heavy (non-hydrogen) atoms. The first-order chi connectivity index (χ1) is 15.3. The Morgan fingerprint density at radius 3 is 2.34 bits per heavy atom. The van der Waals surface area contributed by atoms with Crippen LogP contribution in [0.3, 0.4) is 0 Å². The quantitative estimate of drug-likeness (QED) is 0.242. The van der Waals surface area contributed by atoms with Crippen molar-refractivity contribution in [3.05, 3.63) is 84.5 Å². The monoisotopic (exact) mass is 628 g/mol. The van der Waals surface area contributed by atoms with Crippen LogP contribution in [0.15, 0.2) is 67.1 Å². The summed E-state index contributed by atoms with van der Waals surface area (Å²) in [5.74, 6) is 0.196. The SMILES string of the molecule is COc1cc(/C=N\NC(=O)c2cc(Br)c(O)c(Br)c2)c(Br)cc1OCc1ccc(F)cc1. The van der Waals surface area contributed by atoms with Gasteiger partial charge in [0, 0.05) is 15.6 Å². The summed E-state index contributed by atoms with van der Waals surface area (Å²) >= 11 is 9.83. The van der Waals surface area contributed by atoms with Crippen molar-refractivity contribution >= 4 is 59.9 Å². The third-order valence-electron chi connectivity index (χ3n) is 4.24. The molecule has 2 N–H and O–H groups in total. The number of rotatable bonds is 7. The van der Waals surface area contributed by atoms with Crippen molar-refractivity contribution in [1.82, 2.24) is 5.43 Å². The summed E-state index contributed by atoms with van der Waals surface area (Å²) in [4.78, 5) is 12.3. The van der Waals surface area contributed by atoms with Gasteiger partial charge >= 0.3 is 0 Å². The van der Waals surface area contributed by atoms with Crippen LogP contribution in [0.5, 0.6) is 17.2 Å². The van der Waals surface area contributed by atoms with E-state index < -0.39 is 5.91 Å². The molecule has 0 atom stereocenters. The minimum absolute atomic E-state index is 0.00261. The van der Waals surface area contributed by atoms with Crippen LogP contribution in [0.2, 0.25) is 0 Å². The highest BCUT2D eigenvalue weighted by Gasteiger charge is 2.12. The number of phenolic OH excluding ortho intramolecular Hbond substituents is 1. The summed E-state index contributed by atoms with van der Waals surface area (Å²) in [7, 11) is 1.51. The number of carbonyl (C=O) groups excluding carboxylic acids is 1. The van der Waals surface area contributed by atoms with E-state index in [9.17, 15) is 14.3 Å². The lowest BCUT2D eigenvalue weighted by Crippen LogP contribution is -2.17. The molecule has 0 fully saturated rings. The van der Waals surface area contributed by atoms with Crippen molar-refractivity contribution in [1.29, 1.82) is 0 Å². The Labute approximate surface area is 208 Å². The number of hydrazone groups is 1. The number of phenols is 1. The molecule has 3 aromatic rings. The zero-order valence-corrected chi connectivity index (χ0v) is 21.3. The summed E-state index contributed by atoms with van der Waals surface area (Å²) in [6, 6.07) is 12.4. The zero-order valence-electron chi connectivity index (χ0n) is 16.5. The number of nitrogens with one attached hydrogen (secondary N) is 1. The van der Waals surface area contributed by atoms with Crippen molar-refractivity contribution in [2.75, 3.05) is 7.11 Å². The topological polar surface area (TPSA) is 80.2 Å². The lowest BCUT2D eigenvalue weighted by atomic mass is 10.2. The van der Waals surface area contributed by atoms with Crippen molar-refractivity contribution in [3.63, 3.8) is 0 Å². The van der Waals surface area contributed by atoms with Gasteiger partial charge in [-0.15, -0.1) is 0 Å². The van der Waals surface area contributed by atoms with Crippen molar-refractivity contribution < 1.29 is 23.8 Å². The number of hydrogen-bond donors (Lipinski definition) is 2. The lowest BCUT2D eigenvalue weighted by Gasteiger charge is -2.13. The highest BCUT2D eigenvalue weighted by Crippen LogP contribution is 2.34. The number of ether oxygens (including phenoxy) is 2. The first kappa shape index (κ1) is 24.2. The third-order valence-corrected chi connectivity index (χ3v) is 6.14. The van der Waals surface area contributed by atoms with E-state index in [2.05, 4.69) is 58.3 Å². The van der Waals surface area contributed by atoms with E-state index in [0.29, 0.717) is 36.0 Å². The van der Waals surface area contributed by atoms with E-state index in [1.807, 2.05) is 0 Å². The Morgan fingerprint density at radius 1 is 1.06 bits per heavy atom. The number of benzene rings is 3. The summed E-state index contributed by atoms with van der Waals surface area (Å²) in [6.07, 6.45) is 1.46. The van der Waals surface area contributed by atoms with E-state index in [1.54, 1.807) is 24.3 Å². The lowest BCUT2D eigenvalue weighted by molar-refractivity contribution is 0.0955. The van der Waals surface area contributed by atoms with Crippen LogP contribution in [0.25, 0.3) is 0 Å². The fraction of sp³-hybridized carbons (Fsp3) is 0.0909. The highest BCUT2D eigenvalue weighted by molar-refractivity contribution is 9.11. The molecule has 0 unspecified atom stereocenters. The highest BCUT2D eigenvalue weighted by atomic mass is 79.9. The van der Waals surface area contributed by atoms with Crippen LogP contribution in [0.1, 0.15) is 21.5 Å². The van der Waals surface area contributed by atoms with Crippen LogP contribution in [0.4, 0.5) is 4.39 Å². The Kier molecular flexibility index (Phi) is 8.27. The van der Waals surface area contributed by atoms with Gasteiger partial charge in [-0.25, -0.2) is 9.82 Å². The van der Waals surface area contributed by atoms with Gasteiger partial charge in [-0.2, -0.15) is 5.10 Å². The molecule has 0 spiro atoms. The van der Waals surface area contributed by atoms with E-state index in [0.717, 1.165) is 5.56 Å². The minimum atomic E-state index is -0.454. The molecule has 3 aromatic carbocycles. The predicted molar refractivity (Wildman–Crippen MR) is 130 cm³/mol. The summed E-state index contributed by atoms with van der Waals surface area (Å²) in [5.41, 5.74) is 4.19. The number of methoxy groups -OCH3 is 1. The molecule has 166 valence electrons. The van der Waals surface area contributed by atoms with E-state index in [4.69, 9.17) is 9.47 Å². The van der Waals surface area contributed by atoms with Gasteiger partial charge in [-0.05, 0) is 89.8 Å². The van der Waals surface area contributed by atoms with Gasteiger partial charge in [0.1, 0.15) is 18.2 Å². The molecule has 0 aromatic heterocycles. The molecule has 0 aliphatic carbocycles. The number of hydrogen-bond acceptors (Lipinski definition) is 5. The van der Waals surface area contributed by atoms with Crippen LogP contribution in [-0.4, -0.2) is 24.3 Å². The Hall–Kier alpha value is -2.43. The molecule has 10 heteroatoms. The first-order valence-corrected chi connectivity index (χ1v) is 11.4. The minimum Gasteiger partial charge on any atom is -0.506 e. The zero-order chi connectivity index (χ0) is 23.3. The van der Waals surface area contributed by atoms with Gasteiger partial charge in [0.25, 0.3) is 5.91 Å². The maximum atomic E-state index is 13.0. The molecule has 0 saturated carbocycles. The number of amides is 1. The van der Waals surface area contributed by atoms with E-state index >= 15 is 0 Å². The van der Waals surface area contributed by atoms with Gasteiger partial charge in [-0.3, -0.25) is 4.79 Å². The van der Waals surface area contributed by atoms with Crippen molar-refractivity contribution in [3.8, 4) is 17.2 Å². The molecule has 1 amide bonds. The van der Waals surface area contributed by atoms with E-state index in [1.165, 1.54) is 37.6 Å². The molecule has 3 rings (SSSR count).